The van der Waals surface area contributed by atoms with Gasteiger partial charge in [-0.2, -0.15) is 4.98 Å². The van der Waals surface area contributed by atoms with Crippen LogP contribution in [0.4, 0.5) is 0 Å². The zero-order valence-electron chi connectivity index (χ0n) is 7.93. The van der Waals surface area contributed by atoms with Crippen LogP contribution in [0.15, 0.2) is 47.3 Å². The summed E-state index contributed by atoms with van der Waals surface area (Å²) in [6, 6.07) is 11.7. The van der Waals surface area contributed by atoms with Crippen LogP contribution < -0.4 is 4.74 Å². The fourth-order valence-electron chi connectivity index (χ4n) is 1.13. The largest absolute Gasteiger partial charge is 0.473 e. The molecule has 0 radical (unpaired) electrons. The van der Waals surface area contributed by atoms with E-state index in [1.807, 2.05) is 30.3 Å². The van der Waals surface area contributed by atoms with Crippen LogP contribution in [-0.2, 0) is 6.61 Å². The molecule has 0 fully saturated rings. The van der Waals surface area contributed by atoms with E-state index < -0.39 is 0 Å². The van der Waals surface area contributed by atoms with E-state index in [-0.39, 0.29) is 0 Å². The molecule has 0 N–H and O–H groups in total. The lowest BCUT2D eigenvalue weighted by Gasteiger charge is -2.04. The second kappa shape index (κ2) is 4.89. The summed E-state index contributed by atoms with van der Waals surface area (Å²) >= 11 is 3.19. The highest BCUT2D eigenvalue weighted by Crippen LogP contribution is 2.11. The minimum absolute atomic E-state index is 0.518. The summed E-state index contributed by atoms with van der Waals surface area (Å²) in [5, 5.41) is 0. The predicted molar refractivity (Wildman–Crippen MR) is 60.5 cm³/mol. The summed E-state index contributed by atoms with van der Waals surface area (Å²) in [4.78, 5) is 7.99. The van der Waals surface area contributed by atoms with Crippen molar-refractivity contribution in [2.75, 3.05) is 0 Å². The lowest BCUT2D eigenvalue weighted by molar-refractivity contribution is 0.292. The van der Waals surface area contributed by atoms with Gasteiger partial charge in [-0.25, -0.2) is 4.98 Å². The number of benzene rings is 1. The highest BCUT2D eigenvalue weighted by Gasteiger charge is 1.97. The van der Waals surface area contributed by atoms with Crippen LogP contribution >= 0.6 is 15.9 Å². The zero-order chi connectivity index (χ0) is 10.5. The first kappa shape index (κ1) is 10.1. The zero-order valence-corrected chi connectivity index (χ0v) is 9.52. The van der Waals surface area contributed by atoms with Gasteiger partial charge in [0.2, 0.25) is 5.88 Å². The first-order valence-corrected chi connectivity index (χ1v) is 5.29. The van der Waals surface area contributed by atoms with Crippen LogP contribution in [0.5, 0.6) is 5.88 Å². The molecule has 76 valence electrons. The van der Waals surface area contributed by atoms with E-state index in [0.717, 1.165) is 5.56 Å². The molecule has 0 bridgehead atoms. The number of halogens is 1. The molecule has 0 aliphatic carbocycles. The molecule has 1 aromatic heterocycles. The number of rotatable bonds is 3. The van der Waals surface area contributed by atoms with Gasteiger partial charge in [-0.15, -0.1) is 0 Å². The van der Waals surface area contributed by atoms with Gasteiger partial charge in [-0.3, -0.25) is 0 Å². The lowest BCUT2D eigenvalue weighted by atomic mass is 10.2. The van der Waals surface area contributed by atoms with Crippen molar-refractivity contribution >= 4 is 15.9 Å². The molecule has 1 heterocycles. The van der Waals surface area contributed by atoms with E-state index >= 15 is 0 Å². The van der Waals surface area contributed by atoms with Crippen molar-refractivity contribution < 1.29 is 4.74 Å². The summed E-state index contributed by atoms with van der Waals surface area (Å²) in [6.45, 7) is 0.518. The molecule has 1 aromatic carbocycles. The number of nitrogens with zero attached hydrogens (tertiary/aromatic N) is 2. The van der Waals surface area contributed by atoms with E-state index in [9.17, 15) is 0 Å². The fraction of sp³-hybridized carbons (Fsp3) is 0.0909. The van der Waals surface area contributed by atoms with Crippen molar-refractivity contribution in [3.05, 3.63) is 52.9 Å². The predicted octanol–water partition coefficient (Wildman–Crippen LogP) is 2.82. The van der Waals surface area contributed by atoms with Crippen LogP contribution in [0.3, 0.4) is 0 Å². The third-order valence-corrected chi connectivity index (χ3v) is 2.21. The number of hydrogen-bond donors (Lipinski definition) is 0. The van der Waals surface area contributed by atoms with Gasteiger partial charge in [-0.05, 0) is 21.5 Å². The Morgan fingerprint density at radius 1 is 1.13 bits per heavy atom. The Morgan fingerprint density at radius 3 is 2.67 bits per heavy atom. The van der Waals surface area contributed by atoms with Crippen molar-refractivity contribution in [3.63, 3.8) is 0 Å². The third-order valence-electron chi connectivity index (χ3n) is 1.83. The minimum atomic E-state index is 0.518. The number of ether oxygens (including phenoxy) is 1. The van der Waals surface area contributed by atoms with Crippen molar-refractivity contribution in [1.82, 2.24) is 9.97 Å². The Labute approximate surface area is 96.3 Å². The smallest absolute Gasteiger partial charge is 0.217 e. The van der Waals surface area contributed by atoms with Gasteiger partial charge in [0.1, 0.15) is 6.61 Å². The summed E-state index contributed by atoms with van der Waals surface area (Å²) in [6.07, 6.45) is 1.65. The SMILES string of the molecule is Brc1nccc(OCc2ccccc2)n1. The first-order valence-electron chi connectivity index (χ1n) is 4.50. The standard InChI is InChI=1S/C11H9BrN2O/c12-11-13-7-6-10(14-11)15-8-9-4-2-1-3-5-9/h1-7H,8H2. The summed E-state index contributed by atoms with van der Waals surface area (Å²) < 4.78 is 6.03. The van der Waals surface area contributed by atoms with Crippen LogP contribution in [0.2, 0.25) is 0 Å². The van der Waals surface area contributed by atoms with Crippen LogP contribution in [0.25, 0.3) is 0 Å². The van der Waals surface area contributed by atoms with E-state index in [1.165, 1.54) is 0 Å². The summed E-state index contributed by atoms with van der Waals surface area (Å²) in [5.74, 6) is 0.570. The normalized spacial score (nSPS) is 9.93. The average Bonchev–Trinajstić information content (AvgIpc) is 2.28. The molecule has 0 aliphatic rings. The highest BCUT2D eigenvalue weighted by atomic mass is 79.9. The van der Waals surface area contributed by atoms with Crippen molar-refractivity contribution in [2.24, 2.45) is 0 Å². The number of hydrogen-bond acceptors (Lipinski definition) is 3. The van der Waals surface area contributed by atoms with Gasteiger partial charge < -0.3 is 4.74 Å². The lowest BCUT2D eigenvalue weighted by Crippen LogP contribution is -1.97. The topological polar surface area (TPSA) is 35.0 Å². The molecule has 4 heteroatoms. The fourth-order valence-corrected chi connectivity index (χ4v) is 1.42. The maximum Gasteiger partial charge on any atom is 0.217 e. The van der Waals surface area contributed by atoms with Crippen LogP contribution in [0, 0.1) is 0 Å². The van der Waals surface area contributed by atoms with Gasteiger partial charge >= 0.3 is 0 Å². The molecule has 3 nitrogen and oxygen atoms in total. The maximum atomic E-state index is 5.49. The third kappa shape index (κ3) is 3.02. The molecule has 0 saturated heterocycles. The highest BCUT2D eigenvalue weighted by molar-refractivity contribution is 9.10. The Bertz CT molecular complexity index is 434. The van der Waals surface area contributed by atoms with Gasteiger partial charge in [0, 0.05) is 12.3 Å². The Balaban J connectivity index is 1.99. The first-order chi connectivity index (χ1) is 7.34. The molecule has 15 heavy (non-hydrogen) atoms. The monoisotopic (exact) mass is 264 g/mol. The number of aromatic nitrogens is 2. The van der Waals surface area contributed by atoms with Gasteiger partial charge in [-0.1, -0.05) is 30.3 Å². The van der Waals surface area contributed by atoms with Gasteiger partial charge in [0.05, 0.1) is 0 Å². The van der Waals surface area contributed by atoms with Crippen LogP contribution in [0.1, 0.15) is 5.56 Å². The van der Waals surface area contributed by atoms with E-state index in [2.05, 4.69) is 25.9 Å². The molecule has 2 rings (SSSR count). The molecule has 2 aromatic rings. The second-order valence-corrected chi connectivity index (χ2v) is 3.65. The quantitative estimate of drug-likeness (QED) is 0.800. The molecule has 0 spiro atoms. The van der Waals surface area contributed by atoms with Gasteiger partial charge in [0.15, 0.2) is 4.73 Å². The minimum Gasteiger partial charge on any atom is -0.473 e. The average molecular weight is 265 g/mol. The maximum absolute atomic E-state index is 5.49. The van der Waals surface area contributed by atoms with E-state index in [0.29, 0.717) is 17.2 Å². The van der Waals surface area contributed by atoms with Crippen molar-refractivity contribution in [3.8, 4) is 5.88 Å². The van der Waals surface area contributed by atoms with Crippen molar-refractivity contribution in [2.45, 2.75) is 6.61 Å². The van der Waals surface area contributed by atoms with E-state index in [4.69, 9.17) is 4.74 Å². The summed E-state index contributed by atoms with van der Waals surface area (Å²) in [5.41, 5.74) is 1.12. The second-order valence-electron chi connectivity index (χ2n) is 2.94. The molecular formula is C11H9BrN2O. The molecule has 0 atom stereocenters. The molecule has 0 aliphatic heterocycles. The van der Waals surface area contributed by atoms with E-state index in [1.54, 1.807) is 12.3 Å². The molecule has 0 amide bonds. The molecular weight excluding hydrogens is 256 g/mol. The Kier molecular flexibility index (Phi) is 3.29. The van der Waals surface area contributed by atoms with Crippen molar-refractivity contribution in [1.29, 1.82) is 0 Å². The Morgan fingerprint density at radius 2 is 1.93 bits per heavy atom. The molecule has 0 unspecified atom stereocenters. The Hall–Kier alpha value is -1.42. The van der Waals surface area contributed by atoms with Crippen LogP contribution in [-0.4, -0.2) is 9.97 Å². The summed E-state index contributed by atoms with van der Waals surface area (Å²) in [7, 11) is 0. The molecule has 0 saturated carbocycles. The van der Waals surface area contributed by atoms with Gasteiger partial charge in [0.25, 0.3) is 0 Å².